The van der Waals surface area contributed by atoms with Crippen LogP contribution in [0.4, 0.5) is 0 Å². The Morgan fingerprint density at radius 1 is 1.36 bits per heavy atom. The molecule has 22 heavy (non-hydrogen) atoms. The fourth-order valence-corrected chi connectivity index (χ4v) is 3.15. The number of carbonyl (C=O) groups is 1. The molecule has 1 saturated carbocycles. The maximum Gasteiger partial charge on any atom is 0.261 e. The van der Waals surface area contributed by atoms with Gasteiger partial charge >= 0.3 is 0 Å². The van der Waals surface area contributed by atoms with Gasteiger partial charge < -0.3 is 10.1 Å². The van der Waals surface area contributed by atoms with Crippen molar-refractivity contribution in [3.63, 3.8) is 0 Å². The fourth-order valence-electron chi connectivity index (χ4n) is 2.81. The van der Waals surface area contributed by atoms with Gasteiger partial charge in [0.1, 0.15) is 10.8 Å². The molecule has 0 bridgehead atoms. The van der Waals surface area contributed by atoms with Gasteiger partial charge in [-0.05, 0) is 38.3 Å². The van der Waals surface area contributed by atoms with Crippen molar-refractivity contribution in [3.8, 4) is 5.75 Å². The number of nitrogens with one attached hydrogen (secondary N) is 1. The first-order valence-electron chi connectivity index (χ1n) is 7.69. The van der Waals surface area contributed by atoms with Gasteiger partial charge in [-0.15, -0.1) is 0 Å². The van der Waals surface area contributed by atoms with Crippen LogP contribution in [0.3, 0.4) is 0 Å². The van der Waals surface area contributed by atoms with Gasteiger partial charge in [-0.25, -0.2) is 0 Å². The molecule has 1 aliphatic carbocycles. The van der Waals surface area contributed by atoms with Crippen LogP contribution in [-0.2, 0) is 4.79 Å². The van der Waals surface area contributed by atoms with E-state index < -0.39 is 6.10 Å². The SMILES string of the molecule is CC(Oc1cccc(Cl)c1Cl)C(=O)NC1CCN(C2CC2)C1. The molecule has 0 aromatic heterocycles. The molecular weight excluding hydrogens is 323 g/mol. The van der Waals surface area contributed by atoms with E-state index in [1.54, 1.807) is 25.1 Å². The maximum absolute atomic E-state index is 12.3. The summed E-state index contributed by atoms with van der Waals surface area (Å²) < 4.78 is 5.64. The van der Waals surface area contributed by atoms with E-state index >= 15 is 0 Å². The quantitative estimate of drug-likeness (QED) is 0.893. The molecule has 6 heteroatoms. The molecule has 2 fully saturated rings. The Kier molecular flexibility index (Phi) is 4.81. The number of rotatable bonds is 5. The van der Waals surface area contributed by atoms with Crippen molar-refractivity contribution in [1.82, 2.24) is 10.2 Å². The normalized spacial score (nSPS) is 23.3. The molecule has 2 atom stereocenters. The van der Waals surface area contributed by atoms with Crippen LogP contribution >= 0.6 is 23.2 Å². The highest BCUT2D eigenvalue weighted by Crippen LogP contribution is 2.32. The molecule has 3 rings (SSSR count). The number of hydrogen-bond acceptors (Lipinski definition) is 3. The van der Waals surface area contributed by atoms with Crippen molar-refractivity contribution in [3.05, 3.63) is 28.2 Å². The molecule has 1 saturated heterocycles. The Morgan fingerprint density at radius 2 is 2.14 bits per heavy atom. The lowest BCUT2D eigenvalue weighted by atomic mass is 10.2. The average molecular weight is 343 g/mol. The molecule has 1 heterocycles. The summed E-state index contributed by atoms with van der Waals surface area (Å²) in [7, 11) is 0. The van der Waals surface area contributed by atoms with E-state index in [0.717, 1.165) is 25.6 Å². The van der Waals surface area contributed by atoms with E-state index in [0.29, 0.717) is 15.8 Å². The number of carbonyl (C=O) groups excluding carboxylic acids is 1. The third-order valence-electron chi connectivity index (χ3n) is 4.22. The molecule has 1 amide bonds. The lowest BCUT2D eigenvalue weighted by Crippen LogP contribution is -2.43. The highest BCUT2D eigenvalue weighted by atomic mass is 35.5. The first-order chi connectivity index (χ1) is 10.5. The van der Waals surface area contributed by atoms with Crippen LogP contribution in [0, 0.1) is 0 Å². The zero-order valence-electron chi connectivity index (χ0n) is 12.5. The Morgan fingerprint density at radius 3 is 2.86 bits per heavy atom. The first kappa shape index (κ1) is 15.9. The highest BCUT2D eigenvalue weighted by molar-refractivity contribution is 6.42. The second-order valence-electron chi connectivity index (χ2n) is 6.03. The van der Waals surface area contributed by atoms with E-state index in [9.17, 15) is 4.79 Å². The number of benzene rings is 1. The van der Waals surface area contributed by atoms with Crippen molar-refractivity contribution in [2.75, 3.05) is 13.1 Å². The number of likely N-dealkylation sites (tertiary alicyclic amines) is 1. The molecule has 1 aromatic carbocycles. The van der Waals surface area contributed by atoms with Gasteiger partial charge in [0.15, 0.2) is 6.10 Å². The molecule has 0 radical (unpaired) electrons. The zero-order valence-corrected chi connectivity index (χ0v) is 14.0. The van der Waals surface area contributed by atoms with E-state index in [2.05, 4.69) is 10.2 Å². The summed E-state index contributed by atoms with van der Waals surface area (Å²) in [6.45, 7) is 3.74. The third-order valence-corrected chi connectivity index (χ3v) is 5.02. The van der Waals surface area contributed by atoms with Gasteiger partial charge in [0, 0.05) is 25.2 Å². The minimum absolute atomic E-state index is 0.112. The molecule has 120 valence electrons. The summed E-state index contributed by atoms with van der Waals surface area (Å²) in [4.78, 5) is 14.7. The van der Waals surface area contributed by atoms with Crippen LogP contribution in [0.1, 0.15) is 26.2 Å². The predicted octanol–water partition coefficient (Wildman–Crippen LogP) is 3.11. The molecule has 1 aliphatic heterocycles. The summed E-state index contributed by atoms with van der Waals surface area (Å²) in [5.41, 5.74) is 0. The van der Waals surface area contributed by atoms with Crippen molar-refractivity contribution in [2.24, 2.45) is 0 Å². The summed E-state index contributed by atoms with van der Waals surface area (Å²) in [6.07, 6.45) is 3.00. The minimum Gasteiger partial charge on any atom is -0.479 e. The number of nitrogens with zero attached hydrogens (tertiary/aromatic N) is 1. The molecule has 1 aromatic rings. The third kappa shape index (κ3) is 3.67. The first-order valence-corrected chi connectivity index (χ1v) is 8.45. The number of hydrogen-bond donors (Lipinski definition) is 1. The minimum atomic E-state index is -0.606. The van der Waals surface area contributed by atoms with E-state index in [1.807, 2.05) is 0 Å². The second kappa shape index (κ2) is 6.65. The number of halogens is 2. The second-order valence-corrected chi connectivity index (χ2v) is 6.82. The van der Waals surface area contributed by atoms with E-state index in [1.165, 1.54) is 12.8 Å². The molecule has 2 aliphatic rings. The van der Waals surface area contributed by atoms with Crippen LogP contribution in [0.2, 0.25) is 10.0 Å². The zero-order chi connectivity index (χ0) is 15.7. The molecular formula is C16H20Cl2N2O2. The summed E-state index contributed by atoms with van der Waals surface area (Å²) in [6, 6.07) is 6.11. The number of amides is 1. The maximum atomic E-state index is 12.3. The monoisotopic (exact) mass is 342 g/mol. The molecule has 2 unspecified atom stereocenters. The molecule has 4 nitrogen and oxygen atoms in total. The van der Waals surface area contributed by atoms with Crippen molar-refractivity contribution in [2.45, 2.75) is 44.4 Å². The Balaban J connectivity index is 1.52. The van der Waals surface area contributed by atoms with Crippen LogP contribution in [-0.4, -0.2) is 42.1 Å². The number of ether oxygens (including phenoxy) is 1. The largest absolute Gasteiger partial charge is 0.479 e. The topological polar surface area (TPSA) is 41.6 Å². The van der Waals surface area contributed by atoms with Gasteiger partial charge in [-0.2, -0.15) is 0 Å². The average Bonchev–Trinajstić information content (AvgIpc) is 3.24. The Hall–Kier alpha value is -0.970. The van der Waals surface area contributed by atoms with Crippen LogP contribution in [0.5, 0.6) is 5.75 Å². The van der Waals surface area contributed by atoms with Crippen LogP contribution in [0.15, 0.2) is 18.2 Å². The highest BCUT2D eigenvalue weighted by Gasteiger charge is 2.35. The van der Waals surface area contributed by atoms with Crippen molar-refractivity contribution >= 4 is 29.1 Å². The van der Waals surface area contributed by atoms with Gasteiger partial charge in [0.2, 0.25) is 0 Å². The summed E-state index contributed by atoms with van der Waals surface area (Å²) >= 11 is 12.0. The standard InChI is InChI=1S/C16H20Cl2N2O2/c1-10(22-14-4-2-3-13(17)15(14)18)16(21)19-11-7-8-20(9-11)12-5-6-12/h2-4,10-12H,5-9H2,1H3,(H,19,21). The summed E-state index contributed by atoms with van der Waals surface area (Å²) in [5.74, 6) is 0.321. The smallest absolute Gasteiger partial charge is 0.261 e. The van der Waals surface area contributed by atoms with Gasteiger partial charge in [0.05, 0.1) is 5.02 Å². The van der Waals surface area contributed by atoms with Gasteiger partial charge in [0.25, 0.3) is 5.91 Å². The molecule has 1 N–H and O–H groups in total. The van der Waals surface area contributed by atoms with Gasteiger partial charge in [-0.3, -0.25) is 9.69 Å². The lowest BCUT2D eigenvalue weighted by Gasteiger charge is -2.19. The van der Waals surface area contributed by atoms with Crippen molar-refractivity contribution < 1.29 is 9.53 Å². The predicted molar refractivity (Wildman–Crippen MR) is 87.7 cm³/mol. The van der Waals surface area contributed by atoms with Gasteiger partial charge in [-0.1, -0.05) is 29.3 Å². The molecule has 0 spiro atoms. The summed E-state index contributed by atoms with van der Waals surface area (Å²) in [5, 5.41) is 3.82. The van der Waals surface area contributed by atoms with E-state index in [-0.39, 0.29) is 11.9 Å². The van der Waals surface area contributed by atoms with Crippen LogP contribution < -0.4 is 10.1 Å². The fraction of sp³-hybridized carbons (Fsp3) is 0.562. The van der Waals surface area contributed by atoms with E-state index in [4.69, 9.17) is 27.9 Å². The lowest BCUT2D eigenvalue weighted by molar-refractivity contribution is -0.127. The van der Waals surface area contributed by atoms with Crippen LogP contribution in [0.25, 0.3) is 0 Å². The Bertz CT molecular complexity index is 563. The Labute approximate surface area is 140 Å². The van der Waals surface area contributed by atoms with Crippen molar-refractivity contribution in [1.29, 1.82) is 0 Å².